The smallest absolute Gasteiger partial charge is 0.229 e. The number of aromatic nitrogens is 1. The predicted molar refractivity (Wildman–Crippen MR) is 182 cm³/mol. The van der Waals surface area contributed by atoms with Gasteiger partial charge < -0.3 is 15.5 Å². The molecule has 0 aliphatic carbocycles. The second-order valence-corrected chi connectivity index (χ2v) is 13.8. The summed E-state index contributed by atoms with van der Waals surface area (Å²) in [5, 5.41) is 28.1. The van der Waals surface area contributed by atoms with Gasteiger partial charge in [-0.3, -0.25) is 25.1 Å². The largest absolute Gasteiger partial charge is 0.379 e. The maximum atomic E-state index is 13.2. The van der Waals surface area contributed by atoms with E-state index < -0.39 is 0 Å². The number of benzene rings is 2. The van der Waals surface area contributed by atoms with Crippen molar-refractivity contribution in [2.24, 2.45) is 16.3 Å². The third-order valence-corrected chi connectivity index (χ3v) is 8.45. The van der Waals surface area contributed by atoms with Crippen molar-refractivity contribution in [1.29, 1.82) is 16.2 Å². The number of nitrogens with one attached hydrogen (secondary N) is 4. The second kappa shape index (κ2) is 15.4. The fraction of sp³-hybridized carbons (Fsp3) is 0.400. The number of amidine groups is 1. The van der Waals surface area contributed by atoms with Crippen LogP contribution in [-0.2, 0) is 22.5 Å². The van der Waals surface area contributed by atoms with E-state index in [-0.39, 0.29) is 35.6 Å². The molecule has 1 aliphatic heterocycles. The topological polar surface area (TPSA) is 130 Å². The number of morpholine rings is 1. The molecule has 0 bridgehead atoms. The van der Waals surface area contributed by atoms with E-state index in [0.717, 1.165) is 59.5 Å². The van der Waals surface area contributed by atoms with Crippen LogP contribution < -0.4 is 10.8 Å². The lowest BCUT2D eigenvalue weighted by Gasteiger charge is -2.26. The lowest BCUT2D eigenvalue weighted by atomic mass is 9.88. The van der Waals surface area contributed by atoms with Crippen molar-refractivity contribution in [3.05, 3.63) is 83.5 Å². The average molecular weight is 628 g/mol. The minimum absolute atomic E-state index is 0.0138. The van der Waals surface area contributed by atoms with E-state index in [1.807, 2.05) is 89.3 Å². The van der Waals surface area contributed by atoms with Crippen LogP contribution in [0.2, 0.25) is 0 Å². The Labute approximate surface area is 270 Å². The normalized spacial score (nSPS) is 14.4. The molecule has 0 radical (unpaired) electrons. The average Bonchev–Trinajstić information content (AvgIpc) is 2.99. The first-order valence-corrected chi connectivity index (χ1v) is 16.2. The summed E-state index contributed by atoms with van der Waals surface area (Å²) in [6.45, 7) is 14.0. The molecular weight excluding hydrogens is 582 g/mol. The summed E-state index contributed by atoms with van der Waals surface area (Å²) in [7, 11) is 0. The van der Waals surface area contributed by atoms with Gasteiger partial charge in [0.25, 0.3) is 0 Å². The van der Waals surface area contributed by atoms with Gasteiger partial charge in [-0.05, 0) is 52.9 Å². The van der Waals surface area contributed by atoms with E-state index in [0.29, 0.717) is 17.4 Å². The fourth-order valence-corrected chi connectivity index (χ4v) is 5.50. The van der Waals surface area contributed by atoms with Crippen LogP contribution in [-0.4, -0.2) is 59.1 Å². The highest BCUT2D eigenvalue weighted by Gasteiger charge is 2.20. The van der Waals surface area contributed by atoms with Crippen molar-refractivity contribution < 1.29 is 9.53 Å². The first kappa shape index (κ1) is 34.0. The molecule has 1 aliphatic rings. The Bertz CT molecular complexity index is 1600. The van der Waals surface area contributed by atoms with E-state index in [1.54, 1.807) is 22.4 Å². The summed E-state index contributed by atoms with van der Waals surface area (Å²) < 4.78 is 7.07. The zero-order chi connectivity index (χ0) is 32.6. The Morgan fingerprint density at radius 1 is 1.00 bits per heavy atom. The van der Waals surface area contributed by atoms with Crippen LogP contribution in [0.5, 0.6) is 0 Å². The quantitative estimate of drug-likeness (QED) is 0.156. The molecule has 2 aromatic carbocycles. The van der Waals surface area contributed by atoms with Crippen LogP contribution >= 0.6 is 11.8 Å². The third kappa shape index (κ3) is 10.3. The highest BCUT2D eigenvalue weighted by Crippen LogP contribution is 2.27. The van der Waals surface area contributed by atoms with E-state index in [1.165, 1.54) is 0 Å². The maximum absolute atomic E-state index is 13.2. The SMILES string of the molecule is CC(C)C(=N)n1cc(Sc2ccc(CC(=O)NC(CC(=N)C(C)(C)C)=Nc3cccc(CN4CCOCC4)c3)cc2)ccc1=N. The molecule has 0 unspecified atom stereocenters. The number of amides is 1. The number of ether oxygens (including phenoxy) is 1. The number of aliphatic imine (C=N–C) groups is 1. The first-order chi connectivity index (χ1) is 21.4. The molecule has 4 N–H and O–H groups in total. The molecule has 0 spiro atoms. The van der Waals surface area contributed by atoms with Crippen LogP contribution in [0.15, 0.2) is 81.6 Å². The molecule has 1 saturated heterocycles. The second-order valence-electron chi connectivity index (χ2n) is 12.7. The van der Waals surface area contributed by atoms with Gasteiger partial charge in [0.05, 0.1) is 25.3 Å². The summed E-state index contributed by atoms with van der Waals surface area (Å²) in [5.74, 6) is 0.679. The molecule has 1 aromatic heterocycles. The zero-order valence-corrected chi connectivity index (χ0v) is 27.8. The summed E-state index contributed by atoms with van der Waals surface area (Å²) in [6.07, 6.45) is 2.26. The van der Waals surface area contributed by atoms with Gasteiger partial charge in [-0.15, -0.1) is 0 Å². The lowest BCUT2D eigenvalue weighted by Crippen LogP contribution is -2.35. The Morgan fingerprint density at radius 3 is 2.36 bits per heavy atom. The van der Waals surface area contributed by atoms with Crippen molar-refractivity contribution >= 4 is 40.7 Å². The van der Waals surface area contributed by atoms with Crippen LogP contribution in [0.4, 0.5) is 5.69 Å². The third-order valence-electron chi connectivity index (χ3n) is 7.47. The summed E-state index contributed by atoms with van der Waals surface area (Å²) >= 11 is 1.55. The number of hydrogen-bond acceptors (Lipinski definition) is 8. The Kier molecular flexibility index (Phi) is 11.7. The van der Waals surface area contributed by atoms with Gasteiger partial charge in [0, 0.05) is 53.7 Å². The highest BCUT2D eigenvalue weighted by atomic mass is 32.2. The summed E-state index contributed by atoms with van der Waals surface area (Å²) in [6, 6.07) is 19.5. The standard InChI is InChI=1S/C35H45N7O2S/c1-24(2)34(38)42-23-29(13-14-31(42)37)45-28-11-9-25(10-12-28)20-33(43)40-32(21-30(36)35(3,4)5)39-27-8-6-7-26(19-27)22-41-15-17-44-18-16-41/h6-14,19,23-24,36-38H,15-18,20-22H2,1-5H3,(H,39,40,43). The van der Waals surface area contributed by atoms with Gasteiger partial charge in [-0.1, -0.05) is 70.6 Å². The molecule has 4 rings (SSSR count). The Morgan fingerprint density at radius 2 is 1.69 bits per heavy atom. The minimum Gasteiger partial charge on any atom is -0.379 e. The van der Waals surface area contributed by atoms with Crippen molar-refractivity contribution in [1.82, 2.24) is 14.8 Å². The van der Waals surface area contributed by atoms with Gasteiger partial charge in [-0.2, -0.15) is 0 Å². The van der Waals surface area contributed by atoms with Gasteiger partial charge in [-0.25, -0.2) is 4.99 Å². The van der Waals surface area contributed by atoms with Crippen molar-refractivity contribution in [3.63, 3.8) is 0 Å². The molecule has 1 amide bonds. The monoisotopic (exact) mass is 627 g/mol. The molecule has 9 nitrogen and oxygen atoms in total. The van der Waals surface area contributed by atoms with Gasteiger partial charge in [0.2, 0.25) is 5.91 Å². The van der Waals surface area contributed by atoms with E-state index in [4.69, 9.17) is 26.0 Å². The Balaban J connectivity index is 1.44. The van der Waals surface area contributed by atoms with E-state index in [2.05, 4.69) is 16.3 Å². The van der Waals surface area contributed by atoms with Gasteiger partial charge in [0.1, 0.15) is 17.2 Å². The molecule has 0 saturated carbocycles. The van der Waals surface area contributed by atoms with Gasteiger partial charge in [0.15, 0.2) is 0 Å². The highest BCUT2D eigenvalue weighted by molar-refractivity contribution is 7.99. The summed E-state index contributed by atoms with van der Waals surface area (Å²) in [5.41, 5.74) is 3.20. The molecule has 238 valence electrons. The molecule has 3 aromatic rings. The number of carbonyl (C=O) groups is 1. The lowest BCUT2D eigenvalue weighted by molar-refractivity contribution is -0.119. The Hall–Kier alpha value is -3.86. The van der Waals surface area contributed by atoms with Crippen molar-refractivity contribution in [2.45, 2.75) is 63.8 Å². The molecule has 45 heavy (non-hydrogen) atoms. The van der Waals surface area contributed by atoms with Crippen LogP contribution in [0.3, 0.4) is 0 Å². The molecule has 10 heteroatoms. The number of rotatable bonds is 10. The molecule has 0 atom stereocenters. The molecule has 2 heterocycles. The predicted octanol–water partition coefficient (Wildman–Crippen LogP) is 6.28. The first-order valence-electron chi connectivity index (χ1n) is 15.3. The molecular formula is C35H45N7O2S. The van der Waals surface area contributed by atoms with Crippen LogP contribution in [0, 0.1) is 27.6 Å². The fourth-order valence-electron chi connectivity index (χ4n) is 4.66. The van der Waals surface area contributed by atoms with Crippen LogP contribution in [0.1, 0.15) is 52.2 Å². The van der Waals surface area contributed by atoms with Crippen molar-refractivity contribution in [2.75, 3.05) is 26.3 Å². The molecule has 1 fully saturated rings. The van der Waals surface area contributed by atoms with Crippen LogP contribution in [0.25, 0.3) is 0 Å². The number of hydrogen-bond donors (Lipinski definition) is 4. The number of carbonyl (C=O) groups excluding carboxylic acids is 1. The van der Waals surface area contributed by atoms with E-state index in [9.17, 15) is 4.79 Å². The van der Waals surface area contributed by atoms with Crippen molar-refractivity contribution in [3.8, 4) is 0 Å². The number of pyridine rings is 1. The number of nitrogens with zero attached hydrogens (tertiary/aromatic N) is 3. The van der Waals surface area contributed by atoms with Gasteiger partial charge >= 0.3 is 0 Å². The minimum atomic E-state index is -0.341. The summed E-state index contributed by atoms with van der Waals surface area (Å²) in [4.78, 5) is 22.3. The maximum Gasteiger partial charge on any atom is 0.229 e. The zero-order valence-electron chi connectivity index (χ0n) is 26.9. The van der Waals surface area contributed by atoms with E-state index >= 15 is 0 Å².